The number of hydrogen-bond donors (Lipinski definition) is 1. The van der Waals surface area contributed by atoms with Crippen LogP contribution in [0, 0.1) is 12.8 Å². The van der Waals surface area contributed by atoms with Crippen LogP contribution in [0.25, 0.3) is 0 Å². The van der Waals surface area contributed by atoms with Crippen molar-refractivity contribution < 1.29 is 8.42 Å². The molecule has 3 nitrogen and oxygen atoms in total. The van der Waals surface area contributed by atoms with Crippen LogP contribution in [0.3, 0.4) is 0 Å². The molecule has 1 aliphatic rings. The average molecular weight is 330 g/mol. The quantitative estimate of drug-likeness (QED) is 0.865. The molecule has 3 unspecified atom stereocenters. The molecule has 1 aliphatic carbocycles. The maximum atomic E-state index is 11.9. The predicted molar refractivity (Wildman–Crippen MR) is 90.7 cm³/mol. The minimum atomic E-state index is -2.91. The van der Waals surface area contributed by atoms with Crippen molar-refractivity contribution in [3.05, 3.63) is 21.9 Å². The largest absolute Gasteiger partial charge is 0.309 e. The fraction of sp³-hybridized carbons (Fsp3) is 0.750. The third-order valence-corrected chi connectivity index (χ3v) is 7.15. The maximum absolute atomic E-state index is 11.9. The van der Waals surface area contributed by atoms with E-state index in [0.717, 1.165) is 38.6 Å². The van der Waals surface area contributed by atoms with Crippen molar-refractivity contribution in [1.29, 1.82) is 0 Å². The number of rotatable bonds is 6. The molecule has 0 bridgehead atoms. The minimum Gasteiger partial charge on any atom is -0.309 e. The topological polar surface area (TPSA) is 46.2 Å². The summed E-state index contributed by atoms with van der Waals surface area (Å²) in [6.45, 7) is 5.29. The van der Waals surface area contributed by atoms with E-state index in [2.05, 4.69) is 31.3 Å². The highest BCUT2D eigenvalue weighted by atomic mass is 32.2. The Kier molecular flexibility index (Phi) is 5.86. The van der Waals surface area contributed by atoms with Gasteiger partial charge in [0, 0.05) is 22.1 Å². The van der Waals surface area contributed by atoms with Crippen molar-refractivity contribution in [3.8, 4) is 0 Å². The number of hydrogen-bond acceptors (Lipinski definition) is 4. The van der Waals surface area contributed by atoms with Gasteiger partial charge in [0.2, 0.25) is 0 Å². The molecular weight excluding hydrogens is 302 g/mol. The van der Waals surface area contributed by atoms with Crippen molar-refractivity contribution >= 4 is 21.2 Å². The molecule has 120 valence electrons. The molecule has 1 fully saturated rings. The molecule has 0 saturated heterocycles. The highest BCUT2D eigenvalue weighted by Crippen LogP contribution is 2.38. The fourth-order valence-corrected chi connectivity index (χ4v) is 5.53. The number of nitrogens with one attached hydrogen (secondary N) is 1. The molecule has 5 heteroatoms. The first-order valence-corrected chi connectivity index (χ1v) is 10.7. The molecule has 0 spiro atoms. The van der Waals surface area contributed by atoms with Crippen LogP contribution in [0.15, 0.2) is 12.1 Å². The molecule has 1 saturated carbocycles. The predicted octanol–water partition coefficient (Wildman–Crippen LogP) is 3.70. The highest BCUT2D eigenvalue weighted by Gasteiger charge is 2.33. The zero-order valence-corrected chi connectivity index (χ0v) is 14.9. The smallest absolute Gasteiger partial charge is 0.150 e. The monoisotopic (exact) mass is 329 g/mol. The van der Waals surface area contributed by atoms with Crippen LogP contribution in [0.5, 0.6) is 0 Å². The zero-order valence-electron chi connectivity index (χ0n) is 13.3. The maximum Gasteiger partial charge on any atom is 0.150 e. The normalized spacial score (nSPS) is 24.9. The van der Waals surface area contributed by atoms with E-state index >= 15 is 0 Å². The van der Waals surface area contributed by atoms with Crippen LogP contribution in [-0.4, -0.2) is 26.5 Å². The van der Waals surface area contributed by atoms with E-state index < -0.39 is 9.84 Å². The first-order valence-electron chi connectivity index (χ1n) is 7.90. The summed E-state index contributed by atoms with van der Waals surface area (Å²) in [5.41, 5.74) is 0. The number of aryl methyl sites for hydroxylation is 1. The number of thiophene rings is 1. The lowest BCUT2D eigenvalue weighted by Gasteiger charge is -2.34. The van der Waals surface area contributed by atoms with Gasteiger partial charge in [-0.1, -0.05) is 13.3 Å². The van der Waals surface area contributed by atoms with E-state index in [9.17, 15) is 8.42 Å². The van der Waals surface area contributed by atoms with E-state index in [1.807, 2.05) is 11.3 Å². The number of sulfone groups is 1. The molecule has 0 amide bonds. The molecule has 0 aliphatic heterocycles. The summed E-state index contributed by atoms with van der Waals surface area (Å²) >= 11 is 1.84. The van der Waals surface area contributed by atoms with Crippen molar-refractivity contribution in [1.82, 2.24) is 5.32 Å². The van der Waals surface area contributed by atoms with Gasteiger partial charge in [0.1, 0.15) is 9.84 Å². The molecule has 1 N–H and O–H groups in total. The summed E-state index contributed by atoms with van der Waals surface area (Å²) in [4.78, 5) is 2.68. The van der Waals surface area contributed by atoms with Crippen molar-refractivity contribution in [3.63, 3.8) is 0 Å². The standard InChI is InChI=1S/C16H27NO2S2/c1-4-10-17-16(15-9-8-12(2)20-15)13-6-5-7-14(11-13)21(3,18)19/h8-9,13-14,16-17H,4-7,10-11H2,1-3H3. The van der Waals surface area contributed by atoms with Gasteiger partial charge in [-0.2, -0.15) is 0 Å². The molecule has 1 aromatic heterocycles. The summed E-state index contributed by atoms with van der Waals surface area (Å²) in [5, 5.41) is 3.51. The van der Waals surface area contributed by atoms with E-state index in [-0.39, 0.29) is 5.25 Å². The highest BCUT2D eigenvalue weighted by molar-refractivity contribution is 7.91. The van der Waals surface area contributed by atoms with Crippen molar-refractivity contribution in [2.75, 3.05) is 12.8 Å². The fourth-order valence-electron chi connectivity index (χ4n) is 3.29. The second kappa shape index (κ2) is 7.25. The Balaban J connectivity index is 2.16. The third kappa shape index (κ3) is 4.54. The van der Waals surface area contributed by atoms with E-state index in [0.29, 0.717) is 12.0 Å². The van der Waals surface area contributed by atoms with Crippen molar-refractivity contribution in [2.24, 2.45) is 5.92 Å². The van der Waals surface area contributed by atoms with Crippen LogP contribution < -0.4 is 5.32 Å². The Labute approximate surface area is 133 Å². The molecule has 0 aromatic carbocycles. The van der Waals surface area contributed by atoms with Gasteiger partial charge in [-0.3, -0.25) is 0 Å². The summed E-state index contributed by atoms with van der Waals surface area (Å²) in [5.74, 6) is 0.433. The van der Waals surface area contributed by atoms with Crippen LogP contribution in [0.2, 0.25) is 0 Å². The zero-order chi connectivity index (χ0) is 15.5. The summed E-state index contributed by atoms with van der Waals surface area (Å²) in [6, 6.07) is 4.68. The Morgan fingerprint density at radius 2 is 2.14 bits per heavy atom. The lowest BCUT2D eigenvalue weighted by Crippen LogP contribution is -2.35. The van der Waals surface area contributed by atoms with Gasteiger partial charge >= 0.3 is 0 Å². The average Bonchev–Trinajstić information content (AvgIpc) is 2.85. The van der Waals surface area contributed by atoms with E-state index in [1.165, 1.54) is 16.0 Å². The lowest BCUT2D eigenvalue weighted by molar-refractivity contribution is 0.276. The molecular formula is C16H27NO2S2. The Morgan fingerprint density at radius 3 is 2.71 bits per heavy atom. The second-order valence-electron chi connectivity index (χ2n) is 6.26. The van der Waals surface area contributed by atoms with Gasteiger partial charge in [0.25, 0.3) is 0 Å². The molecule has 1 heterocycles. The third-order valence-electron chi connectivity index (χ3n) is 4.43. The molecule has 0 radical (unpaired) electrons. The van der Waals surface area contributed by atoms with Gasteiger partial charge in [-0.05, 0) is 57.2 Å². The van der Waals surface area contributed by atoms with Crippen LogP contribution in [0.4, 0.5) is 0 Å². The molecule has 21 heavy (non-hydrogen) atoms. The Hall–Kier alpha value is -0.390. The van der Waals surface area contributed by atoms with Crippen LogP contribution in [0.1, 0.15) is 54.8 Å². The van der Waals surface area contributed by atoms with E-state index in [4.69, 9.17) is 0 Å². The van der Waals surface area contributed by atoms with Gasteiger partial charge in [-0.15, -0.1) is 11.3 Å². The SMILES string of the molecule is CCCNC(c1ccc(C)s1)C1CCCC(S(C)(=O)=O)C1. The summed E-state index contributed by atoms with van der Waals surface area (Å²) in [6.07, 6.45) is 6.28. The van der Waals surface area contributed by atoms with Gasteiger partial charge in [0.15, 0.2) is 0 Å². The molecule has 3 atom stereocenters. The van der Waals surface area contributed by atoms with Crippen LogP contribution in [-0.2, 0) is 9.84 Å². The second-order valence-corrected chi connectivity index (χ2v) is 9.90. The van der Waals surface area contributed by atoms with Gasteiger partial charge in [0.05, 0.1) is 5.25 Å². The summed E-state index contributed by atoms with van der Waals surface area (Å²) < 4.78 is 23.8. The Morgan fingerprint density at radius 1 is 1.38 bits per heavy atom. The first kappa shape index (κ1) is 17.0. The molecule has 2 rings (SSSR count). The van der Waals surface area contributed by atoms with Gasteiger partial charge < -0.3 is 5.32 Å². The summed E-state index contributed by atoms with van der Waals surface area (Å²) in [7, 11) is -2.91. The first-order chi connectivity index (χ1) is 9.91. The van der Waals surface area contributed by atoms with Crippen molar-refractivity contribution in [2.45, 2.75) is 57.2 Å². The van der Waals surface area contributed by atoms with E-state index in [1.54, 1.807) is 0 Å². The van der Waals surface area contributed by atoms with Crippen LogP contribution >= 0.6 is 11.3 Å². The molecule has 1 aromatic rings. The Bertz CT molecular complexity index is 550. The minimum absolute atomic E-state index is 0.150. The van der Waals surface area contributed by atoms with Gasteiger partial charge in [-0.25, -0.2) is 8.42 Å². The lowest BCUT2D eigenvalue weighted by atomic mass is 9.83.